The van der Waals surface area contributed by atoms with Gasteiger partial charge in [0, 0.05) is 43.4 Å². The molecule has 104 valence electrons. The third kappa shape index (κ3) is 4.11. The Kier molecular flexibility index (Phi) is 5.05. The Labute approximate surface area is 119 Å². The van der Waals surface area contributed by atoms with Crippen molar-refractivity contribution in [1.82, 2.24) is 10.2 Å². The minimum Gasteiger partial charge on any atom is -0.369 e. The number of rotatable bonds is 4. The van der Waals surface area contributed by atoms with Crippen molar-refractivity contribution < 1.29 is 4.79 Å². The van der Waals surface area contributed by atoms with E-state index < -0.39 is 0 Å². The van der Waals surface area contributed by atoms with Crippen LogP contribution in [-0.2, 0) is 4.79 Å². The van der Waals surface area contributed by atoms with Gasteiger partial charge in [-0.05, 0) is 31.2 Å². The van der Waals surface area contributed by atoms with Crippen molar-refractivity contribution in [3.8, 4) is 0 Å². The van der Waals surface area contributed by atoms with Crippen LogP contribution in [0.25, 0.3) is 0 Å². The molecule has 0 atom stereocenters. The average molecular weight is 282 g/mol. The smallest absolute Gasteiger partial charge is 0.234 e. The molecule has 1 amide bonds. The highest BCUT2D eigenvalue weighted by molar-refractivity contribution is 6.30. The van der Waals surface area contributed by atoms with Gasteiger partial charge in [-0.3, -0.25) is 9.69 Å². The second kappa shape index (κ2) is 6.78. The lowest BCUT2D eigenvalue weighted by Gasteiger charge is -2.35. The zero-order chi connectivity index (χ0) is 13.7. The summed E-state index contributed by atoms with van der Waals surface area (Å²) in [4.78, 5) is 16.0. The Hall–Kier alpha value is -1.26. The standard InChI is InChI=1S/C14H20ClN3O/c1-2-16-14(19)11-17-7-9-18(10-8-17)13-5-3-12(15)4-6-13/h3-6H,2,7-11H2,1H3,(H,16,19). The number of amides is 1. The van der Waals surface area contributed by atoms with E-state index >= 15 is 0 Å². The molecule has 1 fully saturated rings. The Morgan fingerprint density at radius 1 is 1.21 bits per heavy atom. The first-order valence-corrected chi connectivity index (χ1v) is 7.06. The second-order valence-corrected chi connectivity index (χ2v) is 5.13. The minimum atomic E-state index is 0.113. The van der Waals surface area contributed by atoms with Gasteiger partial charge in [0.1, 0.15) is 0 Å². The first kappa shape index (κ1) is 14.2. The maximum Gasteiger partial charge on any atom is 0.234 e. The molecule has 4 nitrogen and oxygen atoms in total. The van der Waals surface area contributed by atoms with Gasteiger partial charge in [-0.25, -0.2) is 0 Å². The highest BCUT2D eigenvalue weighted by atomic mass is 35.5. The van der Waals surface area contributed by atoms with Gasteiger partial charge in [-0.2, -0.15) is 0 Å². The monoisotopic (exact) mass is 281 g/mol. The second-order valence-electron chi connectivity index (χ2n) is 4.69. The van der Waals surface area contributed by atoms with Gasteiger partial charge in [-0.1, -0.05) is 11.6 Å². The molecule has 19 heavy (non-hydrogen) atoms. The SMILES string of the molecule is CCNC(=O)CN1CCN(c2ccc(Cl)cc2)CC1. The number of benzene rings is 1. The lowest BCUT2D eigenvalue weighted by molar-refractivity contribution is -0.122. The van der Waals surface area contributed by atoms with Crippen LogP contribution in [0, 0.1) is 0 Å². The molecule has 0 bridgehead atoms. The van der Waals surface area contributed by atoms with Crippen molar-refractivity contribution in [2.75, 3.05) is 44.2 Å². The van der Waals surface area contributed by atoms with Gasteiger partial charge in [0.05, 0.1) is 6.54 Å². The van der Waals surface area contributed by atoms with Crippen LogP contribution in [0.2, 0.25) is 5.02 Å². The molecule has 1 aliphatic rings. The average Bonchev–Trinajstić information content (AvgIpc) is 2.41. The molecule has 1 N–H and O–H groups in total. The molecule has 0 radical (unpaired) electrons. The van der Waals surface area contributed by atoms with Crippen molar-refractivity contribution in [1.29, 1.82) is 0 Å². The van der Waals surface area contributed by atoms with Crippen LogP contribution in [-0.4, -0.2) is 50.1 Å². The van der Waals surface area contributed by atoms with Gasteiger partial charge in [0.2, 0.25) is 5.91 Å². The maximum atomic E-state index is 11.5. The molecule has 1 aromatic rings. The Morgan fingerprint density at radius 3 is 2.42 bits per heavy atom. The van der Waals surface area contributed by atoms with Crippen LogP contribution in [0.4, 0.5) is 5.69 Å². The molecule has 1 saturated heterocycles. The molecule has 5 heteroatoms. The van der Waals surface area contributed by atoms with Crippen molar-refractivity contribution in [2.24, 2.45) is 0 Å². The summed E-state index contributed by atoms with van der Waals surface area (Å²) in [5.41, 5.74) is 1.20. The third-order valence-electron chi connectivity index (χ3n) is 3.31. The van der Waals surface area contributed by atoms with Crippen molar-refractivity contribution in [3.05, 3.63) is 29.3 Å². The molecule has 0 aliphatic carbocycles. The van der Waals surface area contributed by atoms with Crippen molar-refractivity contribution in [2.45, 2.75) is 6.92 Å². The number of nitrogens with one attached hydrogen (secondary N) is 1. The van der Waals surface area contributed by atoms with E-state index in [0.717, 1.165) is 31.2 Å². The number of likely N-dealkylation sites (N-methyl/N-ethyl adjacent to an activating group) is 1. The van der Waals surface area contributed by atoms with E-state index in [1.165, 1.54) is 5.69 Å². The molecular formula is C14H20ClN3O. The van der Waals surface area contributed by atoms with Gasteiger partial charge < -0.3 is 10.2 Å². The van der Waals surface area contributed by atoms with E-state index in [1.54, 1.807) is 0 Å². The fraction of sp³-hybridized carbons (Fsp3) is 0.500. The van der Waals surface area contributed by atoms with E-state index in [1.807, 2.05) is 31.2 Å². The largest absolute Gasteiger partial charge is 0.369 e. The first-order valence-electron chi connectivity index (χ1n) is 6.68. The zero-order valence-corrected chi connectivity index (χ0v) is 12.0. The van der Waals surface area contributed by atoms with Gasteiger partial charge >= 0.3 is 0 Å². The molecule has 0 unspecified atom stereocenters. The molecule has 0 spiro atoms. The van der Waals surface area contributed by atoms with E-state index in [9.17, 15) is 4.79 Å². The summed E-state index contributed by atoms with van der Waals surface area (Å²) in [6.07, 6.45) is 0. The predicted octanol–water partition coefficient (Wildman–Crippen LogP) is 1.60. The van der Waals surface area contributed by atoms with Gasteiger partial charge in [-0.15, -0.1) is 0 Å². The van der Waals surface area contributed by atoms with Crippen LogP contribution in [0.5, 0.6) is 0 Å². The molecule has 0 aromatic heterocycles. The molecular weight excluding hydrogens is 262 g/mol. The number of anilines is 1. The Balaban J connectivity index is 1.82. The summed E-state index contributed by atoms with van der Waals surface area (Å²) in [6.45, 7) is 6.86. The molecule has 2 rings (SSSR count). The Morgan fingerprint density at radius 2 is 1.84 bits per heavy atom. The zero-order valence-electron chi connectivity index (χ0n) is 11.2. The van der Waals surface area contributed by atoms with Crippen LogP contribution in [0.3, 0.4) is 0 Å². The van der Waals surface area contributed by atoms with E-state index in [2.05, 4.69) is 15.1 Å². The number of carbonyl (C=O) groups is 1. The van der Waals surface area contributed by atoms with Crippen LogP contribution < -0.4 is 10.2 Å². The number of carbonyl (C=O) groups excluding carboxylic acids is 1. The first-order chi connectivity index (χ1) is 9.19. The normalized spacial score (nSPS) is 16.4. The maximum absolute atomic E-state index is 11.5. The summed E-state index contributed by atoms with van der Waals surface area (Å²) in [6, 6.07) is 7.92. The van der Waals surface area contributed by atoms with E-state index in [-0.39, 0.29) is 5.91 Å². The highest BCUT2D eigenvalue weighted by Crippen LogP contribution is 2.19. The lowest BCUT2D eigenvalue weighted by atomic mass is 10.2. The minimum absolute atomic E-state index is 0.113. The fourth-order valence-corrected chi connectivity index (χ4v) is 2.40. The predicted molar refractivity (Wildman–Crippen MR) is 78.8 cm³/mol. The van der Waals surface area contributed by atoms with E-state index in [0.29, 0.717) is 13.1 Å². The summed E-state index contributed by atoms with van der Waals surface area (Å²) in [5, 5.41) is 3.60. The number of piperazine rings is 1. The summed E-state index contributed by atoms with van der Waals surface area (Å²) < 4.78 is 0. The summed E-state index contributed by atoms with van der Waals surface area (Å²) in [7, 11) is 0. The Bertz CT molecular complexity index is 413. The summed E-state index contributed by atoms with van der Waals surface area (Å²) >= 11 is 5.89. The molecule has 1 aliphatic heterocycles. The van der Waals surface area contributed by atoms with Crippen LogP contribution >= 0.6 is 11.6 Å². The topological polar surface area (TPSA) is 35.6 Å². The van der Waals surface area contributed by atoms with E-state index in [4.69, 9.17) is 11.6 Å². The lowest BCUT2D eigenvalue weighted by Crippen LogP contribution is -2.49. The number of hydrogen-bond acceptors (Lipinski definition) is 3. The molecule has 1 aromatic carbocycles. The quantitative estimate of drug-likeness (QED) is 0.911. The number of nitrogens with zero attached hydrogens (tertiary/aromatic N) is 2. The molecule has 0 saturated carbocycles. The molecule has 1 heterocycles. The fourth-order valence-electron chi connectivity index (χ4n) is 2.27. The third-order valence-corrected chi connectivity index (χ3v) is 3.56. The van der Waals surface area contributed by atoms with Crippen molar-refractivity contribution in [3.63, 3.8) is 0 Å². The van der Waals surface area contributed by atoms with Gasteiger partial charge in [0.15, 0.2) is 0 Å². The number of halogens is 1. The van der Waals surface area contributed by atoms with Crippen molar-refractivity contribution >= 4 is 23.2 Å². The highest BCUT2D eigenvalue weighted by Gasteiger charge is 2.18. The van der Waals surface area contributed by atoms with Gasteiger partial charge in [0.25, 0.3) is 0 Å². The summed E-state index contributed by atoms with van der Waals surface area (Å²) in [5.74, 6) is 0.113. The van der Waals surface area contributed by atoms with Crippen LogP contribution in [0.15, 0.2) is 24.3 Å². The van der Waals surface area contributed by atoms with Crippen LogP contribution in [0.1, 0.15) is 6.92 Å². The number of hydrogen-bond donors (Lipinski definition) is 1.